The van der Waals surface area contributed by atoms with Gasteiger partial charge in [0, 0.05) is 0 Å². The van der Waals surface area contributed by atoms with Crippen LogP contribution >= 0.6 is 23.2 Å². The van der Waals surface area contributed by atoms with Crippen molar-refractivity contribution in [2.24, 2.45) is 0 Å². The number of rotatable bonds is 2. The van der Waals surface area contributed by atoms with Gasteiger partial charge in [-0.3, -0.25) is 0 Å². The summed E-state index contributed by atoms with van der Waals surface area (Å²) in [5, 5.41) is 0. The Morgan fingerprint density at radius 3 is 2.45 bits per heavy atom. The minimum absolute atomic E-state index is 0.171. The topological polar surface area (TPSA) is 0 Å². The fourth-order valence-corrected chi connectivity index (χ4v) is 2.50. The Bertz CT molecular complexity index is 244. The van der Waals surface area contributed by atoms with Gasteiger partial charge in [-0.25, -0.2) is 0 Å². The summed E-state index contributed by atoms with van der Waals surface area (Å²) in [6.07, 6.45) is 0. The van der Waals surface area contributed by atoms with Crippen molar-refractivity contribution in [3.05, 3.63) is 39.8 Å². The minimum atomic E-state index is 0.171. The van der Waals surface area contributed by atoms with Crippen molar-refractivity contribution in [2.45, 2.75) is 0 Å². The molecular weight excluding hydrogens is 246 g/mol. The van der Waals surface area contributed by atoms with Gasteiger partial charge in [-0.2, -0.15) is 0 Å². The molecule has 0 N–H and O–H groups in total. The van der Waals surface area contributed by atoms with Crippen LogP contribution in [-0.2, 0) is 0 Å². The Hall–Kier alpha value is 0.0595. The molecule has 3 heteroatoms. The van der Waals surface area contributed by atoms with Crippen LogP contribution in [0.4, 0.5) is 0 Å². The Balaban J connectivity index is 2.65. The van der Waals surface area contributed by atoms with Gasteiger partial charge in [-0.1, -0.05) is 0 Å². The number of halogens is 2. The van der Waals surface area contributed by atoms with Crippen LogP contribution < -0.4 is 4.46 Å². The van der Waals surface area contributed by atoms with Crippen LogP contribution in [-0.4, -0.2) is 15.0 Å². The normalized spacial score (nSPS) is 11.6. The molecule has 1 rings (SSSR count). The number of hydrogen-bond donors (Lipinski definition) is 0. The Morgan fingerprint density at radius 2 is 1.91 bits per heavy atom. The summed E-state index contributed by atoms with van der Waals surface area (Å²) in [6.45, 7) is 0. The summed E-state index contributed by atoms with van der Waals surface area (Å²) >= 11 is 11.4. The Kier molecular flexibility index (Phi) is 4.03. The molecule has 0 saturated carbocycles. The van der Waals surface area contributed by atoms with E-state index in [1.807, 2.05) is 30.3 Å². The maximum atomic E-state index is 5.76. The second-order valence-corrected chi connectivity index (χ2v) is 5.30. The molecule has 0 aliphatic rings. The molecule has 0 aliphatic carbocycles. The van der Waals surface area contributed by atoms with Crippen LogP contribution in [0.3, 0.4) is 0 Å². The first kappa shape index (κ1) is 9.15. The van der Waals surface area contributed by atoms with Crippen LogP contribution in [0, 0.1) is 0 Å². The van der Waals surface area contributed by atoms with E-state index >= 15 is 0 Å². The van der Waals surface area contributed by atoms with Crippen LogP contribution in [0.5, 0.6) is 0 Å². The van der Waals surface area contributed by atoms with E-state index < -0.39 is 0 Å². The van der Waals surface area contributed by atoms with E-state index in [4.69, 9.17) is 23.2 Å². The molecule has 1 aromatic rings. The predicted octanol–water partition coefficient (Wildman–Crippen LogP) is 2.29. The summed E-state index contributed by atoms with van der Waals surface area (Å²) in [5.74, 6) is 0. The van der Waals surface area contributed by atoms with Crippen molar-refractivity contribution in [1.82, 2.24) is 0 Å². The molecule has 0 aliphatic heterocycles. The van der Waals surface area contributed by atoms with Gasteiger partial charge < -0.3 is 0 Å². The zero-order valence-corrected chi connectivity index (χ0v) is 8.85. The fraction of sp³-hybridized carbons (Fsp3) is 0. The third-order valence-electron chi connectivity index (χ3n) is 1.04. The van der Waals surface area contributed by atoms with Crippen LogP contribution in [0.25, 0.3) is 0 Å². The van der Waals surface area contributed by atoms with Crippen LogP contribution in [0.1, 0.15) is 0 Å². The first-order valence-electron chi connectivity index (χ1n) is 3.01. The van der Waals surface area contributed by atoms with E-state index in [1.165, 1.54) is 10.00 Å². The van der Waals surface area contributed by atoms with Crippen molar-refractivity contribution in [3.8, 4) is 0 Å². The summed E-state index contributed by atoms with van der Waals surface area (Å²) in [4.78, 5) is 0. The van der Waals surface area contributed by atoms with Gasteiger partial charge in [-0.15, -0.1) is 0 Å². The van der Waals surface area contributed by atoms with Crippen LogP contribution in [0.15, 0.2) is 39.8 Å². The van der Waals surface area contributed by atoms with Crippen molar-refractivity contribution in [3.63, 3.8) is 0 Å². The molecule has 0 nitrogen and oxygen atoms in total. The third-order valence-corrected chi connectivity index (χ3v) is 3.90. The van der Waals surface area contributed by atoms with Gasteiger partial charge in [0.2, 0.25) is 0 Å². The summed E-state index contributed by atoms with van der Waals surface area (Å²) in [5.41, 5.74) is 1.43. The molecule has 58 valence electrons. The van der Waals surface area contributed by atoms with Gasteiger partial charge in [-0.05, 0) is 0 Å². The average Bonchev–Trinajstić information content (AvgIpc) is 2.06. The predicted molar refractivity (Wildman–Crippen MR) is 51.6 cm³/mol. The molecule has 1 aromatic carbocycles. The van der Waals surface area contributed by atoms with Crippen molar-refractivity contribution < 1.29 is 0 Å². The molecule has 11 heavy (non-hydrogen) atoms. The standard InChI is InChI=1S/C8H6Cl2Se/c9-6-8(10)11-7-4-2-1-3-5-7/h1-6H/b8-6+. The second-order valence-electron chi connectivity index (χ2n) is 1.83. The molecular formula is C8H6Cl2Se. The van der Waals surface area contributed by atoms with Crippen molar-refractivity contribution >= 4 is 42.6 Å². The molecule has 0 bridgehead atoms. The molecule has 0 unspecified atom stereocenters. The monoisotopic (exact) mass is 252 g/mol. The molecule has 0 radical (unpaired) electrons. The van der Waals surface area contributed by atoms with Gasteiger partial charge in [0.15, 0.2) is 0 Å². The van der Waals surface area contributed by atoms with Crippen LogP contribution in [0.2, 0.25) is 0 Å². The fourth-order valence-electron chi connectivity index (χ4n) is 0.623. The van der Waals surface area contributed by atoms with E-state index in [0.717, 1.165) is 3.93 Å². The molecule has 0 aromatic heterocycles. The van der Waals surface area contributed by atoms with E-state index in [0.29, 0.717) is 0 Å². The maximum absolute atomic E-state index is 5.76. The molecule has 0 atom stereocenters. The number of benzene rings is 1. The Morgan fingerprint density at radius 1 is 1.27 bits per heavy atom. The molecule has 0 fully saturated rings. The Labute approximate surface area is 82.4 Å². The number of hydrogen-bond acceptors (Lipinski definition) is 0. The van der Waals surface area contributed by atoms with E-state index in [1.54, 1.807) is 0 Å². The first-order chi connectivity index (χ1) is 5.33. The molecule has 0 heterocycles. The van der Waals surface area contributed by atoms with Gasteiger partial charge in [0.05, 0.1) is 0 Å². The zero-order valence-electron chi connectivity index (χ0n) is 5.63. The van der Waals surface area contributed by atoms with Crippen molar-refractivity contribution in [2.75, 3.05) is 0 Å². The molecule has 0 saturated heterocycles. The quantitative estimate of drug-likeness (QED) is 0.708. The second kappa shape index (κ2) is 4.84. The average molecular weight is 252 g/mol. The molecule has 0 amide bonds. The summed E-state index contributed by atoms with van der Waals surface area (Å²) < 4.78 is 1.97. The summed E-state index contributed by atoms with van der Waals surface area (Å²) in [6, 6.07) is 10.1. The third kappa shape index (κ3) is 3.31. The zero-order chi connectivity index (χ0) is 8.10. The van der Waals surface area contributed by atoms with E-state index in [9.17, 15) is 0 Å². The van der Waals surface area contributed by atoms with Gasteiger partial charge in [0.1, 0.15) is 0 Å². The SMILES string of the molecule is Cl/C=C(\Cl)[Se]c1ccccc1. The first-order valence-corrected chi connectivity index (χ1v) is 5.54. The molecule has 0 spiro atoms. The van der Waals surface area contributed by atoms with Crippen molar-refractivity contribution in [1.29, 1.82) is 0 Å². The van der Waals surface area contributed by atoms with Gasteiger partial charge >= 0.3 is 82.4 Å². The van der Waals surface area contributed by atoms with E-state index in [-0.39, 0.29) is 15.0 Å². The van der Waals surface area contributed by atoms with Gasteiger partial charge in [0.25, 0.3) is 0 Å². The summed E-state index contributed by atoms with van der Waals surface area (Å²) in [7, 11) is 0. The van der Waals surface area contributed by atoms with E-state index in [2.05, 4.69) is 0 Å².